The van der Waals surface area contributed by atoms with E-state index in [9.17, 15) is 13.2 Å². The number of halogens is 3. The van der Waals surface area contributed by atoms with Crippen LogP contribution in [0.2, 0.25) is 0 Å². The quantitative estimate of drug-likeness (QED) is 0.767. The Balaban J connectivity index is 2.11. The van der Waals surface area contributed by atoms with Crippen LogP contribution in [0.3, 0.4) is 0 Å². The molecule has 0 aromatic heterocycles. The fraction of sp³-hybridized carbons (Fsp3) is 1.00. The maximum Gasteiger partial charge on any atom is 0.390 e. The highest BCUT2D eigenvalue weighted by Crippen LogP contribution is 2.21. The minimum atomic E-state index is -4.07. The third-order valence-corrected chi connectivity index (χ3v) is 2.32. The number of alkyl halides is 3. The van der Waals surface area contributed by atoms with Crippen molar-refractivity contribution in [2.24, 2.45) is 5.92 Å². The third-order valence-electron chi connectivity index (χ3n) is 2.32. The molecule has 84 valence electrons. The molecule has 2 unspecified atom stereocenters. The van der Waals surface area contributed by atoms with Gasteiger partial charge < -0.3 is 10.1 Å². The molecule has 0 spiro atoms. The van der Waals surface area contributed by atoms with Gasteiger partial charge in [0.15, 0.2) is 0 Å². The molecule has 1 saturated heterocycles. The zero-order chi connectivity index (χ0) is 10.6. The Morgan fingerprint density at radius 3 is 2.71 bits per heavy atom. The Kier molecular flexibility index (Phi) is 4.19. The smallest absolute Gasteiger partial charge is 0.381 e. The van der Waals surface area contributed by atoms with Crippen molar-refractivity contribution in [2.45, 2.75) is 32.0 Å². The molecule has 14 heavy (non-hydrogen) atoms. The van der Waals surface area contributed by atoms with Crippen LogP contribution in [0.15, 0.2) is 0 Å². The fourth-order valence-electron chi connectivity index (χ4n) is 1.53. The summed E-state index contributed by atoms with van der Waals surface area (Å²) in [5.74, 6) is 0.380. The van der Waals surface area contributed by atoms with Gasteiger partial charge in [-0.05, 0) is 19.3 Å². The van der Waals surface area contributed by atoms with Gasteiger partial charge in [-0.2, -0.15) is 13.2 Å². The van der Waals surface area contributed by atoms with Gasteiger partial charge in [0, 0.05) is 19.2 Å². The second kappa shape index (κ2) is 4.98. The van der Waals surface area contributed by atoms with E-state index in [0.717, 1.165) is 13.0 Å². The Hall–Kier alpha value is -0.290. The fourth-order valence-corrected chi connectivity index (χ4v) is 1.53. The van der Waals surface area contributed by atoms with Crippen LogP contribution in [0.1, 0.15) is 19.8 Å². The van der Waals surface area contributed by atoms with Crippen molar-refractivity contribution in [1.82, 2.24) is 5.32 Å². The summed E-state index contributed by atoms with van der Waals surface area (Å²) in [6.45, 7) is 3.59. The van der Waals surface area contributed by atoms with E-state index in [-0.39, 0.29) is 0 Å². The first-order valence-corrected chi connectivity index (χ1v) is 4.85. The molecular weight excluding hydrogens is 195 g/mol. The second-order valence-corrected chi connectivity index (χ2v) is 3.86. The number of ether oxygens (including phenoxy) is 1. The molecule has 1 heterocycles. The molecule has 0 radical (unpaired) electrons. The summed E-state index contributed by atoms with van der Waals surface area (Å²) in [4.78, 5) is 0. The second-order valence-electron chi connectivity index (χ2n) is 3.86. The average molecular weight is 211 g/mol. The molecule has 0 bridgehead atoms. The highest BCUT2D eigenvalue weighted by molar-refractivity contribution is 4.71. The largest absolute Gasteiger partial charge is 0.390 e. The summed E-state index contributed by atoms with van der Waals surface area (Å²) in [6.07, 6.45) is -3.88. The summed E-state index contributed by atoms with van der Waals surface area (Å²) in [7, 11) is 0. The Labute approximate surface area is 81.8 Å². The zero-order valence-corrected chi connectivity index (χ0v) is 8.23. The molecule has 2 nitrogen and oxygen atoms in total. The molecule has 0 amide bonds. The summed E-state index contributed by atoms with van der Waals surface area (Å²) in [5.41, 5.74) is 0. The maximum atomic E-state index is 11.9. The van der Waals surface area contributed by atoms with Gasteiger partial charge in [-0.3, -0.25) is 0 Å². The molecule has 2 atom stereocenters. The number of hydrogen-bond acceptors (Lipinski definition) is 2. The molecule has 5 heteroatoms. The van der Waals surface area contributed by atoms with E-state index in [1.165, 1.54) is 0 Å². The summed E-state index contributed by atoms with van der Waals surface area (Å²) >= 11 is 0. The third kappa shape index (κ3) is 4.81. The molecular formula is C9H16F3NO. The normalized spacial score (nSPS) is 25.3. The van der Waals surface area contributed by atoms with Crippen molar-refractivity contribution >= 4 is 0 Å². The first-order valence-electron chi connectivity index (χ1n) is 4.85. The van der Waals surface area contributed by atoms with Crippen molar-refractivity contribution in [1.29, 1.82) is 0 Å². The van der Waals surface area contributed by atoms with E-state index in [0.29, 0.717) is 19.1 Å². The topological polar surface area (TPSA) is 21.3 Å². The van der Waals surface area contributed by atoms with Crippen LogP contribution < -0.4 is 5.32 Å². The minimum Gasteiger partial charge on any atom is -0.381 e. The van der Waals surface area contributed by atoms with Gasteiger partial charge in [0.05, 0.1) is 13.0 Å². The lowest BCUT2D eigenvalue weighted by Crippen LogP contribution is -2.34. The van der Waals surface area contributed by atoms with Gasteiger partial charge in [-0.1, -0.05) is 0 Å². The van der Waals surface area contributed by atoms with Gasteiger partial charge in [-0.15, -0.1) is 0 Å². The standard InChI is InChI=1S/C9H16F3NO/c1-7(4-9(10,11)12)13-5-8-2-3-14-6-8/h7-8,13H,2-6H2,1H3. The number of nitrogens with one attached hydrogen (secondary N) is 1. The molecule has 1 aliphatic rings. The zero-order valence-electron chi connectivity index (χ0n) is 8.23. The lowest BCUT2D eigenvalue weighted by Gasteiger charge is -2.17. The summed E-state index contributed by atoms with van der Waals surface area (Å²) in [6, 6.07) is -0.504. The van der Waals surface area contributed by atoms with Gasteiger partial charge in [0.1, 0.15) is 0 Å². The van der Waals surface area contributed by atoms with E-state index < -0.39 is 18.6 Å². The molecule has 0 saturated carbocycles. The molecule has 1 aliphatic heterocycles. The minimum absolute atomic E-state index is 0.380. The lowest BCUT2D eigenvalue weighted by atomic mass is 10.1. The monoisotopic (exact) mass is 211 g/mol. The Bertz CT molecular complexity index is 166. The summed E-state index contributed by atoms with van der Waals surface area (Å²) in [5, 5.41) is 2.88. The van der Waals surface area contributed by atoms with Crippen molar-refractivity contribution < 1.29 is 17.9 Å². The SMILES string of the molecule is CC(CC(F)(F)F)NCC1CCOC1. The molecule has 1 N–H and O–H groups in total. The van der Waals surface area contributed by atoms with Gasteiger partial charge in [0.2, 0.25) is 0 Å². The van der Waals surface area contributed by atoms with Crippen molar-refractivity contribution in [3.8, 4) is 0 Å². The van der Waals surface area contributed by atoms with Gasteiger partial charge in [-0.25, -0.2) is 0 Å². The van der Waals surface area contributed by atoms with E-state index in [4.69, 9.17) is 4.74 Å². The predicted octanol–water partition coefficient (Wildman–Crippen LogP) is 1.95. The molecule has 1 fully saturated rings. The van der Waals surface area contributed by atoms with E-state index in [1.54, 1.807) is 6.92 Å². The Morgan fingerprint density at radius 2 is 2.21 bits per heavy atom. The van der Waals surface area contributed by atoms with Crippen LogP contribution in [-0.4, -0.2) is 32.0 Å². The van der Waals surface area contributed by atoms with Crippen molar-refractivity contribution in [3.63, 3.8) is 0 Å². The van der Waals surface area contributed by atoms with Gasteiger partial charge >= 0.3 is 6.18 Å². The maximum absolute atomic E-state index is 11.9. The highest BCUT2D eigenvalue weighted by Gasteiger charge is 2.30. The van der Waals surface area contributed by atoms with Crippen LogP contribution in [-0.2, 0) is 4.74 Å². The molecule has 0 aliphatic carbocycles. The highest BCUT2D eigenvalue weighted by atomic mass is 19.4. The van der Waals surface area contributed by atoms with E-state index >= 15 is 0 Å². The Morgan fingerprint density at radius 1 is 1.50 bits per heavy atom. The molecule has 1 rings (SSSR count). The van der Waals surface area contributed by atoms with E-state index in [1.807, 2.05) is 0 Å². The predicted molar refractivity (Wildman–Crippen MR) is 47.1 cm³/mol. The number of hydrogen-bond donors (Lipinski definition) is 1. The van der Waals surface area contributed by atoms with Crippen LogP contribution in [0.4, 0.5) is 13.2 Å². The first kappa shape index (κ1) is 11.8. The van der Waals surface area contributed by atoms with Crippen molar-refractivity contribution in [2.75, 3.05) is 19.8 Å². The average Bonchev–Trinajstić information content (AvgIpc) is 2.49. The van der Waals surface area contributed by atoms with Gasteiger partial charge in [0.25, 0.3) is 0 Å². The summed E-state index contributed by atoms with van der Waals surface area (Å²) < 4.78 is 41.0. The lowest BCUT2D eigenvalue weighted by molar-refractivity contribution is -0.139. The van der Waals surface area contributed by atoms with Crippen LogP contribution in [0.25, 0.3) is 0 Å². The van der Waals surface area contributed by atoms with E-state index in [2.05, 4.69) is 5.32 Å². The number of rotatable bonds is 4. The first-order chi connectivity index (χ1) is 6.47. The van der Waals surface area contributed by atoms with Crippen LogP contribution in [0.5, 0.6) is 0 Å². The van der Waals surface area contributed by atoms with Crippen LogP contribution >= 0.6 is 0 Å². The van der Waals surface area contributed by atoms with Crippen molar-refractivity contribution in [3.05, 3.63) is 0 Å². The van der Waals surface area contributed by atoms with Crippen LogP contribution in [0, 0.1) is 5.92 Å². The molecule has 0 aromatic rings. The molecule has 0 aromatic carbocycles.